The van der Waals surface area contributed by atoms with Crippen LogP contribution in [-0.4, -0.2) is 15.6 Å². The Kier molecular flexibility index (Phi) is 4.82. The van der Waals surface area contributed by atoms with Crippen molar-refractivity contribution in [2.75, 3.05) is 0 Å². The first-order chi connectivity index (χ1) is 11.6. The van der Waals surface area contributed by atoms with Crippen LogP contribution < -0.4 is 4.74 Å². The van der Waals surface area contributed by atoms with Crippen molar-refractivity contribution in [2.24, 2.45) is 7.05 Å². The molecule has 0 aliphatic carbocycles. The topological polar surface area (TPSA) is 57.3 Å². The zero-order valence-corrected chi connectivity index (χ0v) is 13.7. The van der Waals surface area contributed by atoms with Gasteiger partial charge in [-0.05, 0) is 36.4 Å². The number of aryl methyl sites for hydroxylation is 1. The van der Waals surface area contributed by atoms with E-state index in [2.05, 4.69) is 5.10 Å². The maximum atomic E-state index is 12.0. The molecule has 0 fully saturated rings. The summed E-state index contributed by atoms with van der Waals surface area (Å²) < 4.78 is 12.8. The number of ether oxygens (including phenoxy) is 1. The van der Waals surface area contributed by atoms with E-state index in [1.54, 1.807) is 48.3 Å². The van der Waals surface area contributed by atoms with Crippen molar-refractivity contribution < 1.29 is 13.9 Å². The van der Waals surface area contributed by atoms with Crippen LogP contribution in [0, 0.1) is 0 Å². The predicted molar refractivity (Wildman–Crippen MR) is 91.1 cm³/mol. The molecule has 3 aromatic rings. The molecule has 0 radical (unpaired) electrons. The summed E-state index contributed by atoms with van der Waals surface area (Å²) in [5.41, 5.74) is 0.530. The molecule has 3 rings (SSSR count). The third kappa shape index (κ3) is 3.94. The van der Waals surface area contributed by atoms with Gasteiger partial charge in [-0.1, -0.05) is 23.7 Å². The van der Waals surface area contributed by atoms with Crippen LogP contribution in [-0.2, 0) is 13.7 Å². The van der Waals surface area contributed by atoms with Crippen LogP contribution in [0.1, 0.15) is 21.9 Å². The summed E-state index contributed by atoms with van der Waals surface area (Å²) in [6.07, 6.45) is 6.26. The first-order valence-corrected chi connectivity index (χ1v) is 7.67. The lowest BCUT2D eigenvalue weighted by molar-refractivity contribution is 0.104. The molecule has 122 valence electrons. The van der Waals surface area contributed by atoms with Gasteiger partial charge < -0.3 is 9.15 Å². The Bertz CT molecular complexity index is 880. The molecule has 0 amide bonds. The van der Waals surface area contributed by atoms with Gasteiger partial charge in [-0.2, -0.15) is 5.10 Å². The fraction of sp³-hybridized carbons (Fsp3) is 0.111. The van der Waals surface area contributed by atoms with Gasteiger partial charge in [-0.25, -0.2) is 0 Å². The summed E-state index contributed by atoms with van der Waals surface area (Å²) in [5.74, 6) is 1.68. The fourth-order valence-electron chi connectivity index (χ4n) is 2.07. The molecular formula is C18H15ClN2O3. The normalized spacial score (nSPS) is 11.1. The summed E-state index contributed by atoms with van der Waals surface area (Å²) in [4.78, 5) is 12.0. The molecule has 0 N–H and O–H groups in total. The van der Waals surface area contributed by atoms with Crippen molar-refractivity contribution in [1.29, 1.82) is 0 Å². The van der Waals surface area contributed by atoms with Gasteiger partial charge in [0.1, 0.15) is 23.9 Å². The number of aromatic nitrogens is 2. The van der Waals surface area contributed by atoms with Crippen LogP contribution in [0.3, 0.4) is 0 Å². The first kappa shape index (κ1) is 16.1. The number of hydrogen-bond acceptors (Lipinski definition) is 4. The molecule has 0 aliphatic heterocycles. The average molecular weight is 343 g/mol. The minimum absolute atomic E-state index is 0.131. The van der Waals surface area contributed by atoms with E-state index in [1.165, 1.54) is 12.3 Å². The molecule has 0 atom stereocenters. The Labute approximate surface area is 144 Å². The number of hydrogen-bond donors (Lipinski definition) is 0. The molecule has 6 heteroatoms. The molecule has 0 spiro atoms. The molecule has 2 heterocycles. The molecule has 24 heavy (non-hydrogen) atoms. The van der Waals surface area contributed by atoms with E-state index in [4.69, 9.17) is 20.8 Å². The molecule has 1 aromatic carbocycles. The highest BCUT2D eigenvalue weighted by atomic mass is 35.5. The van der Waals surface area contributed by atoms with Crippen LogP contribution in [0.2, 0.25) is 5.02 Å². The molecule has 2 aromatic heterocycles. The van der Waals surface area contributed by atoms with Gasteiger partial charge in [0.15, 0.2) is 5.78 Å². The Morgan fingerprint density at radius 2 is 2.17 bits per heavy atom. The van der Waals surface area contributed by atoms with Gasteiger partial charge in [-0.15, -0.1) is 0 Å². The molecule has 5 nitrogen and oxygen atoms in total. The lowest BCUT2D eigenvalue weighted by Gasteiger charge is -2.05. The van der Waals surface area contributed by atoms with Crippen LogP contribution in [0.4, 0.5) is 0 Å². The summed E-state index contributed by atoms with van der Waals surface area (Å²) in [7, 11) is 1.76. The van der Waals surface area contributed by atoms with Gasteiger partial charge in [0.25, 0.3) is 0 Å². The number of allylic oxidation sites excluding steroid dienone is 1. The van der Waals surface area contributed by atoms with Crippen molar-refractivity contribution in [2.45, 2.75) is 6.61 Å². The third-order valence-electron chi connectivity index (χ3n) is 3.28. The molecular weight excluding hydrogens is 328 g/mol. The number of ketones is 1. The Balaban J connectivity index is 1.60. The zero-order valence-electron chi connectivity index (χ0n) is 13.0. The summed E-state index contributed by atoms with van der Waals surface area (Å²) in [5, 5.41) is 4.52. The summed E-state index contributed by atoms with van der Waals surface area (Å²) >= 11 is 6.03. The average Bonchev–Trinajstić information content (AvgIpc) is 3.21. The second kappa shape index (κ2) is 7.19. The number of carbonyl (C=O) groups excluding carboxylic acids is 1. The zero-order chi connectivity index (χ0) is 16.9. The van der Waals surface area contributed by atoms with Crippen molar-refractivity contribution >= 4 is 23.5 Å². The van der Waals surface area contributed by atoms with Gasteiger partial charge in [0.05, 0.1) is 16.8 Å². The SMILES string of the molecule is Cn1cc(C(=O)/C=C/c2ccc(COc3ccccc3Cl)o2)cn1. The van der Waals surface area contributed by atoms with Gasteiger partial charge in [0.2, 0.25) is 0 Å². The standard InChI is InChI=1S/C18H15ClN2O3/c1-21-11-13(10-20-21)17(22)9-8-14-6-7-15(24-14)12-23-18-5-3-2-4-16(18)19/h2-11H,12H2,1H3/b9-8+. The van der Waals surface area contributed by atoms with Crippen molar-refractivity contribution in [3.05, 3.63) is 77.0 Å². The number of furan rings is 1. The van der Waals surface area contributed by atoms with E-state index in [0.29, 0.717) is 27.9 Å². The van der Waals surface area contributed by atoms with Crippen molar-refractivity contribution in [1.82, 2.24) is 9.78 Å². The summed E-state index contributed by atoms with van der Waals surface area (Å²) in [6, 6.07) is 10.8. The lowest BCUT2D eigenvalue weighted by atomic mass is 10.2. The largest absolute Gasteiger partial charge is 0.484 e. The van der Waals surface area contributed by atoms with Crippen molar-refractivity contribution in [3.63, 3.8) is 0 Å². The fourth-order valence-corrected chi connectivity index (χ4v) is 2.27. The van der Waals surface area contributed by atoms with Crippen LogP contribution in [0.15, 0.2) is 59.3 Å². The van der Waals surface area contributed by atoms with Crippen LogP contribution in [0.25, 0.3) is 6.08 Å². The summed E-state index contributed by atoms with van der Waals surface area (Å²) in [6.45, 7) is 0.258. The van der Waals surface area contributed by atoms with E-state index in [9.17, 15) is 4.79 Å². The van der Waals surface area contributed by atoms with E-state index in [0.717, 1.165) is 0 Å². The van der Waals surface area contributed by atoms with Gasteiger partial charge in [-0.3, -0.25) is 9.48 Å². The number of para-hydroxylation sites is 1. The van der Waals surface area contributed by atoms with Crippen LogP contribution in [0.5, 0.6) is 5.75 Å². The highest BCUT2D eigenvalue weighted by Crippen LogP contribution is 2.24. The number of rotatable bonds is 6. The van der Waals surface area contributed by atoms with E-state index >= 15 is 0 Å². The van der Waals surface area contributed by atoms with Gasteiger partial charge >= 0.3 is 0 Å². The maximum Gasteiger partial charge on any atom is 0.189 e. The molecule has 0 saturated heterocycles. The van der Waals surface area contributed by atoms with Crippen molar-refractivity contribution in [3.8, 4) is 5.75 Å². The molecule has 0 bridgehead atoms. The quantitative estimate of drug-likeness (QED) is 0.499. The predicted octanol–water partition coefficient (Wildman–Crippen LogP) is 4.14. The smallest absolute Gasteiger partial charge is 0.189 e. The van der Waals surface area contributed by atoms with E-state index in [1.807, 2.05) is 12.1 Å². The number of benzene rings is 1. The molecule has 0 unspecified atom stereocenters. The monoisotopic (exact) mass is 342 g/mol. The Morgan fingerprint density at radius 3 is 2.92 bits per heavy atom. The Hall–Kier alpha value is -2.79. The van der Waals surface area contributed by atoms with Gasteiger partial charge in [0, 0.05) is 13.2 Å². The lowest BCUT2D eigenvalue weighted by Crippen LogP contribution is -1.94. The molecule has 0 saturated carbocycles. The van der Waals surface area contributed by atoms with Crippen LogP contribution >= 0.6 is 11.6 Å². The minimum atomic E-state index is -0.131. The highest BCUT2D eigenvalue weighted by Gasteiger charge is 2.06. The second-order valence-electron chi connectivity index (χ2n) is 5.12. The van der Waals surface area contributed by atoms with E-state index in [-0.39, 0.29) is 12.4 Å². The second-order valence-corrected chi connectivity index (χ2v) is 5.53. The molecule has 0 aliphatic rings. The Morgan fingerprint density at radius 1 is 1.33 bits per heavy atom. The third-order valence-corrected chi connectivity index (χ3v) is 3.59. The first-order valence-electron chi connectivity index (χ1n) is 7.29. The van der Waals surface area contributed by atoms with E-state index < -0.39 is 0 Å². The number of carbonyl (C=O) groups is 1. The minimum Gasteiger partial charge on any atom is -0.484 e. The highest BCUT2D eigenvalue weighted by molar-refractivity contribution is 6.32. The number of nitrogens with zero attached hydrogens (tertiary/aromatic N) is 2. The number of halogens is 1. The maximum absolute atomic E-state index is 12.0.